The molecule has 132 valence electrons. The lowest BCUT2D eigenvalue weighted by atomic mass is 10.2. The summed E-state index contributed by atoms with van der Waals surface area (Å²) >= 11 is 0. The van der Waals surface area contributed by atoms with E-state index in [1.807, 2.05) is 0 Å². The first-order chi connectivity index (χ1) is 12.1. The molecule has 0 bridgehead atoms. The van der Waals surface area contributed by atoms with Crippen LogP contribution < -0.4 is 24.8 Å². The van der Waals surface area contributed by atoms with E-state index in [9.17, 15) is 4.79 Å². The monoisotopic (exact) mass is 344 g/mol. The largest absolute Gasteiger partial charge is 0.493 e. The van der Waals surface area contributed by atoms with Crippen molar-refractivity contribution in [2.75, 3.05) is 32.0 Å². The van der Waals surface area contributed by atoms with E-state index in [1.165, 1.54) is 21.3 Å². The summed E-state index contributed by atoms with van der Waals surface area (Å²) < 4.78 is 15.8. The van der Waals surface area contributed by atoms with Gasteiger partial charge in [-0.05, 0) is 18.9 Å². The summed E-state index contributed by atoms with van der Waals surface area (Å²) in [5.74, 6) is 1.48. The first-order valence-electron chi connectivity index (χ1n) is 7.85. The fourth-order valence-electron chi connectivity index (χ4n) is 2.31. The maximum atomic E-state index is 12.5. The second kappa shape index (κ2) is 7.25. The Bertz CT molecular complexity index is 752. The molecule has 2 aromatic rings. The van der Waals surface area contributed by atoms with Gasteiger partial charge in [0.1, 0.15) is 5.69 Å². The van der Waals surface area contributed by atoms with E-state index >= 15 is 0 Å². The summed E-state index contributed by atoms with van der Waals surface area (Å²) in [4.78, 5) is 20.9. The predicted molar refractivity (Wildman–Crippen MR) is 92.7 cm³/mol. The van der Waals surface area contributed by atoms with Gasteiger partial charge in [0, 0.05) is 30.1 Å². The van der Waals surface area contributed by atoms with Gasteiger partial charge in [0.15, 0.2) is 11.5 Å². The molecule has 1 aromatic carbocycles. The highest BCUT2D eigenvalue weighted by molar-refractivity contribution is 6.03. The van der Waals surface area contributed by atoms with Gasteiger partial charge in [-0.25, -0.2) is 9.97 Å². The van der Waals surface area contributed by atoms with Crippen molar-refractivity contribution in [2.45, 2.75) is 18.9 Å². The van der Waals surface area contributed by atoms with Crippen LogP contribution in [0.5, 0.6) is 17.2 Å². The molecule has 1 heterocycles. The maximum Gasteiger partial charge on any atom is 0.274 e. The molecular formula is C17H20N4O4. The summed E-state index contributed by atoms with van der Waals surface area (Å²) in [6, 6.07) is 5.28. The van der Waals surface area contributed by atoms with E-state index in [1.54, 1.807) is 24.4 Å². The average Bonchev–Trinajstić information content (AvgIpc) is 3.44. The van der Waals surface area contributed by atoms with Crippen LogP contribution in [0, 0.1) is 0 Å². The van der Waals surface area contributed by atoms with Gasteiger partial charge < -0.3 is 24.8 Å². The van der Waals surface area contributed by atoms with Gasteiger partial charge in [-0.15, -0.1) is 0 Å². The number of hydrogen-bond donors (Lipinski definition) is 2. The molecule has 8 nitrogen and oxygen atoms in total. The van der Waals surface area contributed by atoms with Crippen molar-refractivity contribution >= 4 is 17.5 Å². The van der Waals surface area contributed by atoms with Crippen molar-refractivity contribution in [1.82, 2.24) is 9.97 Å². The number of nitrogens with one attached hydrogen (secondary N) is 2. The molecule has 3 rings (SSSR count). The Morgan fingerprint density at radius 2 is 1.80 bits per heavy atom. The molecule has 1 aromatic heterocycles. The number of nitrogens with zero attached hydrogens (tertiary/aromatic N) is 2. The van der Waals surface area contributed by atoms with Gasteiger partial charge >= 0.3 is 0 Å². The molecular weight excluding hydrogens is 324 g/mol. The van der Waals surface area contributed by atoms with Crippen LogP contribution in [0.4, 0.5) is 11.6 Å². The zero-order chi connectivity index (χ0) is 17.8. The lowest BCUT2D eigenvalue weighted by molar-refractivity contribution is 0.102. The Hall–Kier alpha value is -3.03. The van der Waals surface area contributed by atoms with Gasteiger partial charge in [-0.2, -0.15) is 0 Å². The van der Waals surface area contributed by atoms with Crippen molar-refractivity contribution in [3.8, 4) is 17.2 Å². The smallest absolute Gasteiger partial charge is 0.274 e. The van der Waals surface area contributed by atoms with E-state index in [2.05, 4.69) is 20.6 Å². The fourth-order valence-corrected chi connectivity index (χ4v) is 2.31. The summed E-state index contributed by atoms with van der Waals surface area (Å²) in [6.07, 6.45) is 3.76. The summed E-state index contributed by atoms with van der Waals surface area (Å²) in [6.45, 7) is 0. The van der Waals surface area contributed by atoms with Gasteiger partial charge in [-0.3, -0.25) is 4.79 Å². The molecule has 1 aliphatic rings. The van der Waals surface area contributed by atoms with Gasteiger partial charge in [-0.1, -0.05) is 0 Å². The molecule has 0 saturated heterocycles. The number of carbonyl (C=O) groups excluding carboxylic acids is 1. The molecule has 0 unspecified atom stereocenters. The Kier molecular flexibility index (Phi) is 4.87. The van der Waals surface area contributed by atoms with Crippen LogP contribution >= 0.6 is 0 Å². The molecule has 8 heteroatoms. The van der Waals surface area contributed by atoms with Crippen molar-refractivity contribution in [1.29, 1.82) is 0 Å². The highest BCUT2D eigenvalue weighted by atomic mass is 16.5. The van der Waals surface area contributed by atoms with Crippen molar-refractivity contribution < 1.29 is 19.0 Å². The topological polar surface area (TPSA) is 94.6 Å². The third-order valence-electron chi connectivity index (χ3n) is 3.72. The van der Waals surface area contributed by atoms with Crippen LogP contribution in [0.25, 0.3) is 0 Å². The van der Waals surface area contributed by atoms with Crippen LogP contribution in [0.2, 0.25) is 0 Å². The Labute approximate surface area is 145 Å². The van der Waals surface area contributed by atoms with Crippen LogP contribution in [0.1, 0.15) is 23.3 Å². The lowest BCUT2D eigenvalue weighted by Crippen LogP contribution is -2.16. The number of aromatic nitrogens is 2. The van der Waals surface area contributed by atoms with Crippen LogP contribution in [-0.2, 0) is 0 Å². The molecule has 0 aliphatic heterocycles. The average molecular weight is 344 g/mol. The number of hydrogen-bond acceptors (Lipinski definition) is 7. The lowest BCUT2D eigenvalue weighted by Gasteiger charge is -2.14. The highest BCUT2D eigenvalue weighted by Gasteiger charge is 2.22. The zero-order valence-electron chi connectivity index (χ0n) is 14.3. The van der Waals surface area contributed by atoms with Crippen molar-refractivity contribution in [3.63, 3.8) is 0 Å². The van der Waals surface area contributed by atoms with E-state index in [0.29, 0.717) is 34.9 Å². The molecule has 0 radical (unpaired) electrons. The first-order valence-corrected chi connectivity index (χ1v) is 7.85. The number of ether oxygens (including phenoxy) is 3. The molecule has 1 aliphatic carbocycles. The maximum absolute atomic E-state index is 12.5. The number of amides is 1. The van der Waals surface area contributed by atoms with Crippen LogP contribution in [-0.4, -0.2) is 43.2 Å². The molecule has 0 spiro atoms. The summed E-state index contributed by atoms with van der Waals surface area (Å²) in [5, 5.41) is 5.95. The van der Waals surface area contributed by atoms with Crippen LogP contribution in [0.3, 0.4) is 0 Å². The molecule has 1 fully saturated rings. The highest BCUT2D eigenvalue weighted by Crippen LogP contribution is 2.40. The Morgan fingerprint density at radius 3 is 2.36 bits per heavy atom. The molecule has 1 saturated carbocycles. The molecule has 0 atom stereocenters. The number of anilines is 2. The first kappa shape index (κ1) is 16.8. The number of methoxy groups -OCH3 is 3. The Balaban J connectivity index is 1.80. The van der Waals surface area contributed by atoms with Gasteiger partial charge in [0.25, 0.3) is 5.91 Å². The van der Waals surface area contributed by atoms with E-state index in [4.69, 9.17) is 14.2 Å². The number of carbonyl (C=O) groups is 1. The number of benzene rings is 1. The minimum atomic E-state index is -0.351. The SMILES string of the molecule is COc1cc(NC(=O)c2ccnc(NC3CC3)n2)cc(OC)c1OC. The summed E-state index contributed by atoms with van der Waals surface area (Å²) in [5.41, 5.74) is 0.779. The normalized spacial score (nSPS) is 13.1. The third-order valence-corrected chi connectivity index (χ3v) is 3.72. The standard InChI is InChI=1S/C17H20N4O4/c1-23-13-8-11(9-14(24-2)15(13)25-3)19-16(22)12-6-7-18-17(21-12)20-10-4-5-10/h6-10H,4-5H2,1-3H3,(H,19,22)(H,18,20,21). The van der Waals surface area contributed by atoms with Crippen molar-refractivity contribution in [3.05, 3.63) is 30.1 Å². The minimum Gasteiger partial charge on any atom is -0.493 e. The van der Waals surface area contributed by atoms with E-state index in [-0.39, 0.29) is 11.6 Å². The molecule has 25 heavy (non-hydrogen) atoms. The molecule has 2 N–H and O–H groups in total. The van der Waals surface area contributed by atoms with E-state index < -0.39 is 0 Å². The second-order valence-corrected chi connectivity index (χ2v) is 5.55. The van der Waals surface area contributed by atoms with E-state index in [0.717, 1.165) is 12.8 Å². The zero-order valence-corrected chi connectivity index (χ0v) is 14.3. The molecule has 1 amide bonds. The Morgan fingerprint density at radius 1 is 1.12 bits per heavy atom. The minimum absolute atomic E-state index is 0.270. The van der Waals surface area contributed by atoms with Gasteiger partial charge in [0.05, 0.1) is 21.3 Å². The van der Waals surface area contributed by atoms with Crippen LogP contribution in [0.15, 0.2) is 24.4 Å². The van der Waals surface area contributed by atoms with Crippen molar-refractivity contribution in [2.24, 2.45) is 0 Å². The predicted octanol–water partition coefficient (Wildman–Crippen LogP) is 2.33. The summed E-state index contributed by atoms with van der Waals surface area (Å²) in [7, 11) is 4.56. The third kappa shape index (κ3) is 3.90. The second-order valence-electron chi connectivity index (χ2n) is 5.55. The quantitative estimate of drug-likeness (QED) is 0.796. The number of rotatable bonds is 7. The fraction of sp³-hybridized carbons (Fsp3) is 0.353. The van der Waals surface area contributed by atoms with Gasteiger partial charge in [0.2, 0.25) is 11.7 Å².